The van der Waals surface area contributed by atoms with Crippen molar-refractivity contribution in [1.29, 1.82) is 0 Å². The van der Waals surface area contributed by atoms with Crippen LogP contribution in [-0.4, -0.2) is 29.2 Å². The lowest BCUT2D eigenvalue weighted by atomic mass is 10.1. The van der Waals surface area contributed by atoms with Crippen LogP contribution in [-0.2, 0) is 11.2 Å². The summed E-state index contributed by atoms with van der Waals surface area (Å²) in [5.41, 5.74) is 3.07. The molecule has 0 aliphatic rings. The minimum Gasteiger partial charge on any atom is -0.483 e. The number of carbonyl (C=O) groups excluding carboxylic acids is 1. The Labute approximate surface area is 152 Å². The average molecular weight is 351 g/mol. The summed E-state index contributed by atoms with van der Waals surface area (Å²) in [5, 5.41) is 6.75. The molecule has 0 spiro atoms. The van der Waals surface area contributed by atoms with Crippen LogP contribution in [0.4, 0.5) is 0 Å². The van der Waals surface area contributed by atoms with Crippen LogP contribution in [0.3, 0.4) is 0 Å². The lowest BCUT2D eigenvalue weighted by Crippen LogP contribution is -2.30. The molecule has 0 saturated heterocycles. The largest absolute Gasteiger partial charge is 0.483 e. The van der Waals surface area contributed by atoms with E-state index < -0.39 is 0 Å². The first-order valence-electron chi connectivity index (χ1n) is 8.47. The van der Waals surface area contributed by atoms with E-state index >= 15 is 0 Å². The highest BCUT2D eigenvalue weighted by Gasteiger charge is 2.09. The third-order valence-corrected chi connectivity index (χ3v) is 4.07. The Morgan fingerprint density at radius 1 is 1.12 bits per heavy atom. The topological polar surface area (TPSA) is 77.2 Å². The molecule has 0 bridgehead atoms. The van der Waals surface area contributed by atoms with E-state index in [9.17, 15) is 4.79 Å². The molecule has 0 atom stereocenters. The van der Waals surface area contributed by atoms with Gasteiger partial charge in [-0.2, -0.15) is 4.98 Å². The molecule has 0 fully saturated rings. The number of rotatable bonds is 7. The molecule has 3 rings (SSSR count). The molecule has 0 unspecified atom stereocenters. The van der Waals surface area contributed by atoms with Crippen LogP contribution in [0.25, 0.3) is 11.4 Å². The van der Waals surface area contributed by atoms with E-state index in [-0.39, 0.29) is 12.5 Å². The Hall–Kier alpha value is -3.15. The Morgan fingerprint density at radius 2 is 1.92 bits per heavy atom. The molecule has 0 saturated carbocycles. The van der Waals surface area contributed by atoms with Crippen molar-refractivity contribution in [2.24, 2.45) is 0 Å². The first-order valence-corrected chi connectivity index (χ1v) is 8.47. The van der Waals surface area contributed by atoms with Gasteiger partial charge in [-0.15, -0.1) is 0 Å². The van der Waals surface area contributed by atoms with Gasteiger partial charge < -0.3 is 14.6 Å². The second kappa shape index (κ2) is 8.29. The summed E-state index contributed by atoms with van der Waals surface area (Å²) in [7, 11) is 0. The van der Waals surface area contributed by atoms with Gasteiger partial charge in [0.2, 0.25) is 11.7 Å². The van der Waals surface area contributed by atoms with E-state index in [1.165, 1.54) is 0 Å². The summed E-state index contributed by atoms with van der Waals surface area (Å²) in [6.07, 6.45) is 0.467. The predicted octanol–water partition coefficient (Wildman–Crippen LogP) is 3.09. The second-order valence-electron chi connectivity index (χ2n) is 5.96. The first kappa shape index (κ1) is 17.7. The van der Waals surface area contributed by atoms with Gasteiger partial charge in [0, 0.05) is 18.5 Å². The summed E-state index contributed by atoms with van der Waals surface area (Å²) in [6.45, 7) is 4.37. The van der Waals surface area contributed by atoms with Crippen molar-refractivity contribution in [2.45, 2.75) is 20.3 Å². The number of hydrogen-bond acceptors (Lipinski definition) is 5. The fourth-order valence-electron chi connectivity index (χ4n) is 2.44. The summed E-state index contributed by atoms with van der Waals surface area (Å²) >= 11 is 0. The fraction of sp³-hybridized carbons (Fsp3) is 0.250. The monoisotopic (exact) mass is 351 g/mol. The number of aromatic nitrogens is 2. The smallest absolute Gasteiger partial charge is 0.257 e. The molecule has 0 aliphatic carbocycles. The molecule has 3 aromatic rings. The summed E-state index contributed by atoms with van der Waals surface area (Å²) in [5.74, 6) is 1.57. The van der Waals surface area contributed by atoms with Gasteiger partial charge in [0.05, 0.1) is 0 Å². The highest BCUT2D eigenvalue weighted by atomic mass is 16.5. The van der Waals surface area contributed by atoms with E-state index in [0.29, 0.717) is 24.7 Å². The third-order valence-electron chi connectivity index (χ3n) is 4.07. The number of aryl methyl sites for hydroxylation is 1. The summed E-state index contributed by atoms with van der Waals surface area (Å²) < 4.78 is 10.8. The molecule has 1 aromatic heterocycles. The number of nitrogens with zero attached hydrogens (tertiary/aromatic N) is 2. The van der Waals surface area contributed by atoms with Crippen LogP contribution in [0.5, 0.6) is 5.75 Å². The number of nitrogens with one attached hydrogen (secondary N) is 1. The van der Waals surface area contributed by atoms with E-state index in [4.69, 9.17) is 9.26 Å². The lowest BCUT2D eigenvalue weighted by Gasteiger charge is -2.10. The van der Waals surface area contributed by atoms with Crippen molar-refractivity contribution in [3.63, 3.8) is 0 Å². The summed E-state index contributed by atoms with van der Waals surface area (Å²) in [6, 6.07) is 15.4. The van der Waals surface area contributed by atoms with Crippen LogP contribution in [0.2, 0.25) is 0 Å². The van der Waals surface area contributed by atoms with Crippen LogP contribution in [0.15, 0.2) is 53.1 Å². The van der Waals surface area contributed by atoms with Crippen molar-refractivity contribution >= 4 is 5.91 Å². The molecular weight excluding hydrogens is 330 g/mol. The van der Waals surface area contributed by atoms with Gasteiger partial charge in [0.1, 0.15) is 5.75 Å². The van der Waals surface area contributed by atoms with Gasteiger partial charge in [0.25, 0.3) is 5.91 Å². The Balaban J connectivity index is 1.44. The van der Waals surface area contributed by atoms with Crippen molar-refractivity contribution in [2.75, 3.05) is 13.2 Å². The number of carbonyl (C=O) groups is 1. The summed E-state index contributed by atoms with van der Waals surface area (Å²) in [4.78, 5) is 16.3. The lowest BCUT2D eigenvalue weighted by molar-refractivity contribution is -0.123. The molecule has 1 N–H and O–H groups in total. The molecule has 26 heavy (non-hydrogen) atoms. The van der Waals surface area contributed by atoms with E-state index in [2.05, 4.69) is 15.5 Å². The van der Waals surface area contributed by atoms with Crippen LogP contribution in [0.1, 0.15) is 17.0 Å². The maximum Gasteiger partial charge on any atom is 0.257 e. The fourth-order valence-corrected chi connectivity index (χ4v) is 2.44. The molecule has 0 radical (unpaired) electrons. The molecule has 6 heteroatoms. The minimum atomic E-state index is -0.186. The molecule has 2 aromatic carbocycles. The third kappa shape index (κ3) is 4.47. The van der Waals surface area contributed by atoms with Gasteiger partial charge in [-0.3, -0.25) is 4.79 Å². The van der Waals surface area contributed by atoms with Crippen molar-refractivity contribution in [3.05, 3.63) is 65.5 Å². The Kier molecular flexibility index (Phi) is 5.63. The molecule has 1 amide bonds. The van der Waals surface area contributed by atoms with Gasteiger partial charge in [-0.05, 0) is 31.0 Å². The zero-order chi connectivity index (χ0) is 18.4. The van der Waals surface area contributed by atoms with Crippen molar-refractivity contribution < 1.29 is 14.1 Å². The number of hydrogen-bond donors (Lipinski definition) is 1. The minimum absolute atomic E-state index is 0.0244. The number of ether oxygens (including phenoxy) is 1. The van der Waals surface area contributed by atoms with E-state index in [1.54, 1.807) is 0 Å². The van der Waals surface area contributed by atoms with E-state index in [1.807, 2.05) is 62.4 Å². The van der Waals surface area contributed by atoms with Gasteiger partial charge in [-0.25, -0.2) is 0 Å². The normalized spacial score (nSPS) is 10.5. The average Bonchev–Trinajstić information content (AvgIpc) is 3.13. The van der Waals surface area contributed by atoms with Gasteiger partial charge in [0.15, 0.2) is 6.61 Å². The Bertz CT molecular complexity index is 875. The maximum absolute atomic E-state index is 11.9. The zero-order valence-corrected chi connectivity index (χ0v) is 14.9. The molecule has 0 aliphatic heterocycles. The highest BCUT2D eigenvalue weighted by Crippen LogP contribution is 2.20. The van der Waals surface area contributed by atoms with E-state index in [0.717, 1.165) is 22.4 Å². The van der Waals surface area contributed by atoms with Gasteiger partial charge in [-0.1, -0.05) is 47.6 Å². The quantitative estimate of drug-likeness (QED) is 0.708. The maximum atomic E-state index is 11.9. The molecule has 134 valence electrons. The van der Waals surface area contributed by atoms with Crippen molar-refractivity contribution in [3.8, 4) is 17.1 Å². The molecule has 6 nitrogen and oxygen atoms in total. The van der Waals surface area contributed by atoms with Gasteiger partial charge >= 0.3 is 0 Å². The number of amides is 1. The van der Waals surface area contributed by atoms with Crippen LogP contribution >= 0.6 is 0 Å². The zero-order valence-electron chi connectivity index (χ0n) is 14.9. The van der Waals surface area contributed by atoms with Crippen molar-refractivity contribution in [1.82, 2.24) is 15.5 Å². The first-order chi connectivity index (χ1) is 12.6. The Morgan fingerprint density at radius 3 is 2.73 bits per heavy atom. The highest BCUT2D eigenvalue weighted by molar-refractivity contribution is 5.77. The predicted molar refractivity (Wildman–Crippen MR) is 97.9 cm³/mol. The SMILES string of the molecule is Cc1cccc(OCC(=O)NCCc2nc(-c3ccccc3)no2)c1C. The molecular formula is C20H21N3O3. The van der Waals surface area contributed by atoms with Crippen LogP contribution in [0, 0.1) is 13.8 Å². The van der Waals surface area contributed by atoms with Crippen LogP contribution < -0.4 is 10.1 Å². The standard InChI is InChI=1S/C20H21N3O3/c1-14-7-6-10-17(15(14)2)25-13-18(24)21-12-11-19-22-20(23-26-19)16-8-4-3-5-9-16/h3-10H,11-13H2,1-2H3,(H,21,24). The number of benzene rings is 2. The molecule has 1 heterocycles. The second-order valence-corrected chi connectivity index (χ2v) is 5.96.